The summed E-state index contributed by atoms with van der Waals surface area (Å²) in [6, 6.07) is -0.161. The Morgan fingerprint density at radius 2 is 1.90 bits per heavy atom. The van der Waals surface area contributed by atoms with E-state index >= 15 is 0 Å². The molecule has 7 heteroatoms. The van der Waals surface area contributed by atoms with Crippen LogP contribution in [0.4, 0.5) is 10.2 Å². The van der Waals surface area contributed by atoms with Gasteiger partial charge in [0.05, 0.1) is 17.2 Å². The van der Waals surface area contributed by atoms with Crippen LogP contribution in [-0.4, -0.2) is 40.5 Å². The largest absolute Gasteiger partial charge is 0.500 e. The fourth-order valence-electron chi connectivity index (χ4n) is 2.09. The minimum atomic E-state index is -0.795. The van der Waals surface area contributed by atoms with Crippen LogP contribution in [0.2, 0.25) is 0 Å². The first-order chi connectivity index (χ1) is 9.30. The van der Waals surface area contributed by atoms with Gasteiger partial charge in [0.2, 0.25) is 0 Å². The third-order valence-electron chi connectivity index (χ3n) is 4.28. The highest BCUT2D eigenvalue weighted by Crippen LogP contribution is 2.37. The van der Waals surface area contributed by atoms with E-state index in [-0.39, 0.29) is 6.04 Å². The van der Waals surface area contributed by atoms with Gasteiger partial charge in [-0.15, -0.1) is 0 Å². The van der Waals surface area contributed by atoms with Gasteiger partial charge in [0.25, 0.3) is 0 Å². The second-order valence-electron chi connectivity index (χ2n) is 6.42. The molecule has 2 aliphatic rings. The third kappa shape index (κ3) is 2.29. The Balaban J connectivity index is 1.84. The highest BCUT2D eigenvalue weighted by molar-refractivity contribution is 6.63. The summed E-state index contributed by atoms with van der Waals surface area (Å²) in [6.45, 7) is 7.95. The van der Waals surface area contributed by atoms with E-state index in [0.29, 0.717) is 17.7 Å². The molecule has 108 valence electrons. The van der Waals surface area contributed by atoms with Crippen molar-refractivity contribution in [2.75, 3.05) is 5.32 Å². The summed E-state index contributed by atoms with van der Waals surface area (Å²) in [7, 11) is -0.541. The number of halogens is 1. The molecule has 1 saturated carbocycles. The smallest absolute Gasteiger partial charge is 0.399 e. The van der Waals surface area contributed by atoms with E-state index < -0.39 is 24.5 Å². The molecule has 0 bridgehead atoms. The maximum Gasteiger partial charge on any atom is 0.500 e. The van der Waals surface area contributed by atoms with Gasteiger partial charge in [-0.25, -0.2) is 14.4 Å². The molecule has 1 aromatic heterocycles. The van der Waals surface area contributed by atoms with Crippen molar-refractivity contribution in [2.45, 2.75) is 57.5 Å². The zero-order valence-corrected chi connectivity index (χ0v) is 12.2. The van der Waals surface area contributed by atoms with Gasteiger partial charge in [-0.2, -0.15) is 0 Å². The van der Waals surface area contributed by atoms with Gasteiger partial charge in [0.15, 0.2) is 0 Å². The molecule has 0 spiro atoms. The zero-order valence-electron chi connectivity index (χ0n) is 12.2. The first-order valence-corrected chi connectivity index (χ1v) is 6.86. The van der Waals surface area contributed by atoms with Crippen LogP contribution in [0, 0.1) is 0 Å². The van der Waals surface area contributed by atoms with Crippen molar-refractivity contribution >= 4 is 18.4 Å². The molecule has 0 aromatic carbocycles. The van der Waals surface area contributed by atoms with Crippen LogP contribution in [0.25, 0.3) is 0 Å². The van der Waals surface area contributed by atoms with Crippen molar-refractivity contribution in [2.24, 2.45) is 0 Å². The van der Waals surface area contributed by atoms with E-state index in [1.807, 2.05) is 27.7 Å². The Bertz CT molecular complexity index is 510. The molecule has 2 atom stereocenters. The van der Waals surface area contributed by atoms with Crippen LogP contribution in [0.3, 0.4) is 0 Å². The van der Waals surface area contributed by atoms with Gasteiger partial charge >= 0.3 is 7.12 Å². The predicted octanol–water partition coefficient (Wildman–Crippen LogP) is 1.30. The average molecular weight is 279 g/mol. The standard InChI is InChI=1S/C13H19BFN3O2/c1-12(2)13(3,4)20-14(19-12)8-6-16-7-17-11(8)18-10-5-9(10)15/h6-7,9-10H,5H2,1-4H3,(H,16,17,18)/t9-,10+/m0/s1. The molecule has 0 amide bonds. The topological polar surface area (TPSA) is 56.3 Å². The summed E-state index contributed by atoms with van der Waals surface area (Å²) in [6.07, 6.45) is 2.82. The number of hydrogen-bond acceptors (Lipinski definition) is 5. The van der Waals surface area contributed by atoms with Crippen LogP contribution >= 0.6 is 0 Å². The maximum absolute atomic E-state index is 13.0. The maximum atomic E-state index is 13.0. The Hall–Kier alpha value is -1.21. The molecular formula is C13H19BFN3O2. The molecule has 1 aliphatic carbocycles. The normalized spacial score (nSPS) is 30.4. The number of hydrogen-bond donors (Lipinski definition) is 1. The molecule has 5 nitrogen and oxygen atoms in total. The minimum Gasteiger partial charge on any atom is -0.399 e. The van der Waals surface area contributed by atoms with E-state index in [0.717, 1.165) is 0 Å². The summed E-state index contributed by atoms with van der Waals surface area (Å²) in [5.41, 5.74) is -0.134. The van der Waals surface area contributed by atoms with Gasteiger partial charge in [0, 0.05) is 18.1 Å². The Morgan fingerprint density at radius 3 is 2.45 bits per heavy atom. The Kier molecular flexibility index (Phi) is 3.02. The van der Waals surface area contributed by atoms with E-state index in [1.54, 1.807) is 6.20 Å². The van der Waals surface area contributed by atoms with Crippen molar-refractivity contribution in [1.82, 2.24) is 9.97 Å². The Labute approximate surface area is 118 Å². The first kappa shape index (κ1) is 13.8. The molecule has 2 fully saturated rings. The summed E-state index contributed by atoms with van der Waals surface area (Å²) in [4.78, 5) is 8.21. The number of rotatable bonds is 3. The second kappa shape index (κ2) is 4.39. The molecule has 1 N–H and O–H groups in total. The van der Waals surface area contributed by atoms with Crippen molar-refractivity contribution in [3.8, 4) is 0 Å². The van der Waals surface area contributed by atoms with Crippen molar-refractivity contribution < 1.29 is 13.7 Å². The molecule has 1 aliphatic heterocycles. The van der Waals surface area contributed by atoms with E-state index in [1.165, 1.54) is 6.33 Å². The summed E-state index contributed by atoms with van der Waals surface area (Å²) in [5.74, 6) is 0.587. The zero-order chi connectivity index (χ0) is 14.5. The van der Waals surface area contributed by atoms with Crippen LogP contribution in [0.15, 0.2) is 12.5 Å². The molecule has 1 aromatic rings. The monoisotopic (exact) mass is 279 g/mol. The average Bonchev–Trinajstić information content (AvgIpc) is 2.97. The van der Waals surface area contributed by atoms with Gasteiger partial charge in [-0.3, -0.25) is 0 Å². The van der Waals surface area contributed by atoms with Crippen LogP contribution < -0.4 is 10.8 Å². The van der Waals surface area contributed by atoms with Gasteiger partial charge < -0.3 is 14.6 Å². The van der Waals surface area contributed by atoms with Crippen LogP contribution in [0.5, 0.6) is 0 Å². The SMILES string of the molecule is CC1(C)OB(c2cncnc2N[C@@H]2C[C@@H]2F)OC1(C)C. The molecule has 0 unspecified atom stereocenters. The lowest BCUT2D eigenvalue weighted by molar-refractivity contribution is 0.00578. The molecular weight excluding hydrogens is 260 g/mol. The van der Waals surface area contributed by atoms with Crippen LogP contribution in [0.1, 0.15) is 34.1 Å². The number of nitrogens with zero attached hydrogens (tertiary/aromatic N) is 2. The first-order valence-electron chi connectivity index (χ1n) is 6.86. The molecule has 0 radical (unpaired) electrons. The molecule has 3 rings (SSSR count). The fraction of sp³-hybridized carbons (Fsp3) is 0.692. The third-order valence-corrected chi connectivity index (χ3v) is 4.28. The predicted molar refractivity (Wildman–Crippen MR) is 74.7 cm³/mol. The van der Waals surface area contributed by atoms with Gasteiger partial charge in [-0.05, 0) is 27.7 Å². The molecule has 1 saturated heterocycles. The highest BCUT2D eigenvalue weighted by Gasteiger charge is 2.53. The van der Waals surface area contributed by atoms with Gasteiger partial charge in [0.1, 0.15) is 18.3 Å². The lowest BCUT2D eigenvalue weighted by Crippen LogP contribution is -2.41. The fourth-order valence-corrected chi connectivity index (χ4v) is 2.09. The summed E-state index contributed by atoms with van der Waals surface area (Å²) in [5, 5.41) is 3.08. The van der Waals surface area contributed by atoms with Crippen LogP contribution in [-0.2, 0) is 9.31 Å². The number of alkyl halides is 1. The minimum absolute atomic E-state index is 0.161. The summed E-state index contributed by atoms with van der Waals surface area (Å²) < 4.78 is 25.0. The molecule has 20 heavy (non-hydrogen) atoms. The van der Waals surface area contributed by atoms with Gasteiger partial charge in [-0.1, -0.05) is 0 Å². The van der Waals surface area contributed by atoms with E-state index in [9.17, 15) is 4.39 Å². The lowest BCUT2D eigenvalue weighted by Gasteiger charge is -2.32. The lowest BCUT2D eigenvalue weighted by atomic mass is 9.80. The Morgan fingerprint density at radius 1 is 1.30 bits per heavy atom. The summed E-state index contributed by atoms with van der Waals surface area (Å²) >= 11 is 0. The molecule has 2 heterocycles. The number of nitrogens with one attached hydrogen (secondary N) is 1. The van der Waals surface area contributed by atoms with Crippen molar-refractivity contribution in [3.63, 3.8) is 0 Å². The van der Waals surface area contributed by atoms with E-state index in [2.05, 4.69) is 15.3 Å². The van der Waals surface area contributed by atoms with Crippen molar-refractivity contribution in [1.29, 1.82) is 0 Å². The van der Waals surface area contributed by atoms with Crippen molar-refractivity contribution in [3.05, 3.63) is 12.5 Å². The quantitative estimate of drug-likeness (QED) is 0.845. The number of aromatic nitrogens is 2. The highest BCUT2D eigenvalue weighted by atomic mass is 19.1. The number of anilines is 1. The van der Waals surface area contributed by atoms with E-state index in [4.69, 9.17) is 9.31 Å². The second-order valence-corrected chi connectivity index (χ2v) is 6.42.